The second-order valence-corrected chi connectivity index (χ2v) is 8.42. The van der Waals surface area contributed by atoms with Crippen LogP contribution in [0, 0.1) is 19.8 Å². The van der Waals surface area contributed by atoms with Crippen molar-refractivity contribution in [2.75, 3.05) is 13.6 Å². The number of piperidine rings is 1. The number of nitrogens with one attached hydrogen (secondary N) is 2. The molecular weight excluding hydrogens is 336 g/mol. The minimum absolute atomic E-state index is 0.0310. The van der Waals surface area contributed by atoms with Crippen molar-refractivity contribution in [1.82, 2.24) is 19.9 Å². The van der Waals surface area contributed by atoms with Crippen LogP contribution in [0.2, 0.25) is 0 Å². The monoisotopic (exact) mass is 362 g/mol. The molecule has 3 heterocycles. The molecule has 2 aliphatic rings. The highest BCUT2D eigenvalue weighted by molar-refractivity contribution is 5.88. The highest BCUT2D eigenvalue weighted by atomic mass is 16.1. The van der Waals surface area contributed by atoms with E-state index < -0.39 is 0 Å². The molecule has 0 radical (unpaired) electrons. The summed E-state index contributed by atoms with van der Waals surface area (Å²) in [5.41, 5.74) is 5.93. The Balaban J connectivity index is 1.49. The van der Waals surface area contributed by atoms with Crippen molar-refractivity contribution < 1.29 is 0 Å². The number of fused-ring (bicyclic) bond motifs is 2. The zero-order valence-electron chi connectivity index (χ0n) is 16.2. The van der Waals surface area contributed by atoms with Crippen molar-refractivity contribution >= 4 is 10.9 Å². The summed E-state index contributed by atoms with van der Waals surface area (Å²) in [7, 11) is 2.24. The average molecular weight is 362 g/mol. The van der Waals surface area contributed by atoms with Crippen LogP contribution in [0.15, 0.2) is 29.2 Å². The molecule has 3 aromatic rings. The summed E-state index contributed by atoms with van der Waals surface area (Å²) in [5, 5.41) is 1.43. The molecule has 1 aromatic carbocycles. The highest BCUT2D eigenvalue weighted by Gasteiger charge is 2.39. The van der Waals surface area contributed by atoms with Gasteiger partial charge in [-0.25, -0.2) is 4.98 Å². The summed E-state index contributed by atoms with van der Waals surface area (Å²) >= 11 is 0. The van der Waals surface area contributed by atoms with Crippen molar-refractivity contribution in [3.63, 3.8) is 0 Å². The Morgan fingerprint density at radius 1 is 1.30 bits per heavy atom. The van der Waals surface area contributed by atoms with Crippen molar-refractivity contribution in [2.45, 2.75) is 45.1 Å². The van der Waals surface area contributed by atoms with Crippen molar-refractivity contribution in [2.24, 2.45) is 5.92 Å². The second-order valence-electron chi connectivity index (χ2n) is 8.42. The predicted molar refractivity (Wildman–Crippen MR) is 107 cm³/mol. The lowest BCUT2D eigenvalue weighted by atomic mass is 9.71. The fourth-order valence-electron chi connectivity index (χ4n) is 5.48. The first-order valence-corrected chi connectivity index (χ1v) is 9.86. The van der Waals surface area contributed by atoms with Gasteiger partial charge in [0.2, 0.25) is 0 Å². The standard InChI is InChI=1S/C22H26N4O/c1-12-17(22(27)25-13(2)24-12)7-14-8-18-16-5-4-6-19-21(16)15(10-23-19)9-20(18)26(3)11-14/h4-6,10,14,18,20,23H,7-9,11H2,1-3H3,(H,24,25,27)/t14-,18-,20-/m1/s1. The number of likely N-dealkylation sites (tertiary alicyclic amines) is 1. The third-order valence-electron chi connectivity index (χ3n) is 6.65. The van der Waals surface area contributed by atoms with Crippen LogP contribution in [0.25, 0.3) is 10.9 Å². The fraction of sp³-hybridized carbons (Fsp3) is 0.455. The van der Waals surface area contributed by atoms with Gasteiger partial charge in [-0.1, -0.05) is 12.1 Å². The number of benzene rings is 1. The summed E-state index contributed by atoms with van der Waals surface area (Å²) in [5.74, 6) is 1.69. The van der Waals surface area contributed by atoms with E-state index in [9.17, 15) is 4.79 Å². The largest absolute Gasteiger partial charge is 0.361 e. The van der Waals surface area contributed by atoms with Crippen LogP contribution in [0.4, 0.5) is 0 Å². The number of rotatable bonds is 2. The molecule has 0 saturated carbocycles. The van der Waals surface area contributed by atoms with Crippen LogP contribution < -0.4 is 5.56 Å². The average Bonchev–Trinajstić information content (AvgIpc) is 3.04. The molecule has 1 aliphatic heterocycles. The number of hydrogen-bond donors (Lipinski definition) is 2. The highest BCUT2D eigenvalue weighted by Crippen LogP contribution is 2.44. The van der Waals surface area contributed by atoms with Gasteiger partial charge < -0.3 is 14.9 Å². The summed E-state index contributed by atoms with van der Waals surface area (Å²) in [4.78, 5) is 25.8. The maximum Gasteiger partial charge on any atom is 0.254 e. The molecule has 0 unspecified atom stereocenters. The number of nitrogens with zero attached hydrogens (tertiary/aromatic N) is 2. The van der Waals surface area contributed by atoms with Crippen LogP contribution in [-0.2, 0) is 12.8 Å². The van der Waals surface area contributed by atoms with Gasteiger partial charge in [-0.2, -0.15) is 0 Å². The smallest absolute Gasteiger partial charge is 0.254 e. The lowest BCUT2D eigenvalue weighted by Crippen LogP contribution is -2.48. The molecule has 1 saturated heterocycles. The molecule has 140 valence electrons. The Morgan fingerprint density at radius 2 is 2.15 bits per heavy atom. The predicted octanol–water partition coefficient (Wildman–Crippen LogP) is 3.07. The number of hydrogen-bond acceptors (Lipinski definition) is 3. The quantitative estimate of drug-likeness (QED) is 0.736. The van der Waals surface area contributed by atoms with E-state index in [1.54, 1.807) is 0 Å². The second kappa shape index (κ2) is 6.06. The molecule has 1 fully saturated rings. The van der Waals surface area contributed by atoms with Gasteiger partial charge in [0.1, 0.15) is 5.82 Å². The molecule has 27 heavy (non-hydrogen) atoms. The molecule has 1 aliphatic carbocycles. The van der Waals surface area contributed by atoms with E-state index in [2.05, 4.69) is 51.3 Å². The van der Waals surface area contributed by atoms with Crippen molar-refractivity contribution in [3.8, 4) is 0 Å². The van der Waals surface area contributed by atoms with E-state index >= 15 is 0 Å². The molecule has 2 N–H and O–H groups in total. The van der Waals surface area contributed by atoms with Gasteiger partial charge in [0.15, 0.2) is 0 Å². The van der Waals surface area contributed by atoms with E-state index in [0.29, 0.717) is 23.7 Å². The summed E-state index contributed by atoms with van der Waals surface area (Å²) in [6.07, 6.45) is 5.23. The van der Waals surface area contributed by atoms with E-state index in [0.717, 1.165) is 37.1 Å². The van der Waals surface area contributed by atoms with Crippen LogP contribution in [-0.4, -0.2) is 39.5 Å². The van der Waals surface area contributed by atoms with Crippen LogP contribution in [0.5, 0.6) is 0 Å². The van der Waals surface area contributed by atoms with Crippen LogP contribution in [0.3, 0.4) is 0 Å². The molecule has 5 heteroatoms. The Labute approximate surface area is 158 Å². The van der Waals surface area contributed by atoms with Gasteiger partial charge in [-0.05, 0) is 63.3 Å². The van der Waals surface area contributed by atoms with Gasteiger partial charge >= 0.3 is 0 Å². The van der Waals surface area contributed by atoms with E-state index in [-0.39, 0.29) is 5.56 Å². The third kappa shape index (κ3) is 2.64. The van der Waals surface area contributed by atoms with E-state index in [1.807, 2.05) is 13.8 Å². The first-order chi connectivity index (χ1) is 13.0. The summed E-state index contributed by atoms with van der Waals surface area (Å²) in [6, 6.07) is 7.19. The van der Waals surface area contributed by atoms with Crippen molar-refractivity contribution in [1.29, 1.82) is 0 Å². The third-order valence-corrected chi connectivity index (χ3v) is 6.65. The van der Waals surface area contributed by atoms with Gasteiger partial charge in [0.05, 0.1) is 0 Å². The van der Waals surface area contributed by atoms with Gasteiger partial charge in [0, 0.05) is 46.9 Å². The zero-order chi connectivity index (χ0) is 18.7. The number of aromatic amines is 2. The lowest BCUT2D eigenvalue weighted by molar-refractivity contribution is 0.111. The van der Waals surface area contributed by atoms with E-state index in [1.165, 1.54) is 22.0 Å². The number of likely N-dealkylation sites (N-methyl/N-ethyl adjacent to an activating group) is 1. The molecule has 5 rings (SSSR count). The van der Waals surface area contributed by atoms with Gasteiger partial charge in [-0.15, -0.1) is 0 Å². The minimum atomic E-state index is 0.0310. The molecule has 0 spiro atoms. The molecular formula is C22H26N4O. The van der Waals surface area contributed by atoms with Gasteiger partial charge in [0.25, 0.3) is 5.56 Å². The number of H-pyrrole nitrogens is 2. The SMILES string of the molecule is Cc1nc(C)c(C[C@@H]2C[C@@H]3c4cccc5[nH]cc(c45)C[C@H]3N(C)C2)c(=O)[nH]1. The number of aryl methyl sites for hydroxylation is 2. The zero-order valence-corrected chi connectivity index (χ0v) is 16.2. The maximum atomic E-state index is 12.5. The normalized spacial score (nSPS) is 24.9. The molecule has 2 aromatic heterocycles. The Bertz CT molecular complexity index is 1080. The molecule has 3 atom stereocenters. The molecule has 0 amide bonds. The van der Waals surface area contributed by atoms with Crippen LogP contribution in [0.1, 0.15) is 40.5 Å². The van der Waals surface area contributed by atoms with Crippen molar-refractivity contribution in [3.05, 3.63) is 63.0 Å². The maximum absolute atomic E-state index is 12.5. The Morgan fingerprint density at radius 3 is 2.96 bits per heavy atom. The fourth-order valence-corrected chi connectivity index (χ4v) is 5.48. The van der Waals surface area contributed by atoms with Crippen LogP contribution >= 0.6 is 0 Å². The number of aromatic nitrogens is 3. The molecule has 0 bridgehead atoms. The lowest BCUT2D eigenvalue weighted by Gasteiger charge is -2.45. The first-order valence-electron chi connectivity index (χ1n) is 9.86. The Hall–Kier alpha value is -2.40. The summed E-state index contributed by atoms with van der Waals surface area (Å²) < 4.78 is 0. The minimum Gasteiger partial charge on any atom is -0.361 e. The Kier molecular flexibility index (Phi) is 3.76. The topological polar surface area (TPSA) is 64.8 Å². The molecule has 5 nitrogen and oxygen atoms in total. The first kappa shape index (κ1) is 16.8. The summed E-state index contributed by atoms with van der Waals surface area (Å²) in [6.45, 7) is 4.83. The van der Waals surface area contributed by atoms with Gasteiger partial charge in [-0.3, -0.25) is 4.79 Å². The van der Waals surface area contributed by atoms with E-state index in [4.69, 9.17) is 0 Å².